The Morgan fingerprint density at radius 2 is 0.786 bits per heavy atom. The van der Waals surface area contributed by atoms with Crippen LogP contribution >= 0.6 is 45.3 Å². The van der Waals surface area contributed by atoms with Gasteiger partial charge in [-0.25, -0.2) is 22.7 Å². The van der Waals surface area contributed by atoms with Crippen molar-refractivity contribution in [3.8, 4) is 65.3 Å². The summed E-state index contributed by atoms with van der Waals surface area (Å²) in [5, 5.41) is 73.6. The maximum absolute atomic E-state index is 7.57. The van der Waals surface area contributed by atoms with E-state index in [1.807, 2.05) is 64.0 Å². The predicted molar refractivity (Wildman–Crippen MR) is 410 cm³/mol. The van der Waals surface area contributed by atoms with Crippen LogP contribution < -0.4 is 0 Å². The smallest absolute Gasteiger partial charge is 0.211 e. The number of thiophene rings is 4. The number of benzene rings is 4. The Morgan fingerprint density at radius 1 is 0.388 bits per heavy atom. The summed E-state index contributed by atoms with van der Waals surface area (Å²) in [6.45, 7) is 1.93. The van der Waals surface area contributed by atoms with Crippen molar-refractivity contribution in [2.24, 2.45) is 0 Å². The van der Waals surface area contributed by atoms with Crippen molar-refractivity contribution >= 4 is 89.2 Å². The minimum atomic E-state index is 0. The third-order valence-corrected chi connectivity index (χ3v) is 22.0. The zero-order chi connectivity index (χ0) is 70.1. The number of nitrogens with zero attached hydrogens (tertiary/aromatic N) is 10. The molecule has 4 aliphatic carbocycles. The minimum absolute atomic E-state index is 0. The van der Waals surface area contributed by atoms with E-state index in [0.717, 1.165) is 91.6 Å². The predicted octanol–water partition coefficient (Wildman–Crippen LogP) is 20.4. The first kappa shape index (κ1) is 79.7. The van der Waals surface area contributed by atoms with Gasteiger partial charge in [-0.15, -0.1) is 72.0 Å². The first-order valence-electron chi connectivity index (χ1n) is 34.8. The summed E-state index contributed by atoms with van der Waals surface area (Å²) >= 11 is 6.18. The van der Waals surface area contributed by atoms with Crippen LogP contribution in [0.1, 0.15) is 168 Å². The number of hydrogen-bond donors (Lipinski definition) is 4. The fraction of sp³-hybridized carbons (Fsp3) is 0.333. The van der Waals surface area contributed by atoms with Crippen LogP contribution in [-0.4, -0.2) is 99.1 Å². The van der Waals surface area contributed by atoms with Crippen LogP contribution in [0.15, 0.2) is 170 Å². The topological polar surface area (TPSA) is 236 Å². The van der Waals surface area contributed by atoms with Crippen molar-refractivity contribution < 1.29 is 69.5 Å². The van der Waals surface area contributed by atoms with Gasteiger partial charge >= 0.3 is 0 Å². The molecule has 103 heavy (non-hydrogen) atoms. The molecule has 18 rings (SSSR count). The van der Waals surface area contributed by atoms with Crippen molar-refractivity contribution in [3.05, 3.63) is 202 Å². The Bertz CT molecular complexity index is 4290. The third kappa shape index (κ3) is 20.2. The van der Waals surface area contributed by atoms with E-state index in [2.05, 4.69) is 156 Å². The van der Waals surface area contributed by atoms with Gasteiger partial charge in [0.05, 0.1) is 21.0 Å². The molecule has 4 N–H and O–H groups in total. The van der Waals surface area contributed by atoms with Crippen molar-refractivity contribution in [2.75, 3.05) is 27.9 Å². The Hall–Kier alpha value is -7.40. The monoisotopic (exact) mass is 1810 g/mol. The quantitative estimate of drug-likeness (QED) is 0.0932. The summed E-state index contributed by atoms with van der Waals surface area (Å²) in [6.07, 6.45) is 28.3. The molecular formula is C81H85Ir2N10O6S4-3. The van der Waals surface area contributed by atoms with Gasteiger partial charge in [-0.3, -0.25) is 4.98 Å². The van der Waals surface area contributed by atoms with E-state index in [1.165, 1.54) is 182 Å². The van der Waals surface area contributed by atoms with Crippen molar-refractivity contribution in [2.45, 2.75) is 146 Å². The fourth-order valence-electron chi connectivity index (χ4n) is 13.8. The number of rotatable bonds is 10. The second kappa shape index (κ2) is 41.3. The van der Waals surface area contributed by atoms with Gasteiger partial charge < -0.3 is 34.2 Å². The molecule has 0 bridgehead atoms. The first-order chi connectivity index (χ1) is 50.0. The Kier molecular flexibility index (Phi) is 32.0. The maximum Gasteiger partial charge on any atom is 0.211 e. The van der Waals surface area contributed by atoms with Crippen LogP contribution in [0.5, 0.6) is 0 Å². The van der Waals surface area contributed by atoms with Gasteiger partial charge in [-0.1, -0.05) is 140 Å². The van der Waals surface area contributed by atoms with Crippen LogP contribution in [-0.2, 0) is 40.2 Å². The maximum atomic E-state index is 7.57. The van der Waals surface area contributed by atoms with Crippen LogP contribution in [0.3, 0.4) is 0 Å². The van der Waals surface area contributed by atoms with E-state index < -0.39 is 0 Å². The van der Waals surface area contributed by atoms with Gasteiger partial charge in [-0.2, -0.15) is 44.7 Å². The average Bonchev–Trinajstić information content (AvgIpc) is 1.62. The van der Waals surface area contributed by atoms with E-state index >= 15 is 0 Å². The van der Waals surface area contributed by atoms with Gasteiger partial charge in [-0.05, 0) is 169 Å². The number of para-hydroxylation sites is 1. The fourth-order valence-corrected chi connectivity index (χ4v) is 16.3. The van der Waals surface area contributed by atoms with Crippen LogP contribution in [0.25, 0.3) is 109 Å². The number of fused-ring (bicyclic) bond motifs is 6. The molecule has 4 fully saturated rings. The molecule has 10 aromatic heterocycles. The number of hydrogen-bond acceptors (Lipinski definition) is 20. The summed E-state index contributed by atoms with van der Waals surface area (Å²) in [5.41, 5.74) is 13.6. The molecule has 0 amide bonds. The van der Waals surface area contributed by atoms with Crippen LogP contribution in [0.2, 0.25) is 0 Å². The second-order valence-corrected chi connectivity index (χ2v) is 28.5. The molecular weight excluding hydrogens is 1720 g/mol. The van der Waals surface area contributed by atoms with Crippen molar-refractivity contribution in [1.29, 1.82) is 0 Å². The molecule has 2 radical (unpaired) electrons. The van der Waals surface area contributed by atoms with Crippen LogP contribution in [0.4, 0.5) is 0 Å². The number of pyridine rings is 2. The molecule has 14 aromatic rings. The standard InChI is InChI=1S/C28H29NO.C28H28NO.2C10H5N4S2.C2H6O.3CH4O.2Ir/c2*1-2-7-20(8-3-1)22-13-15-26(29-18-22)24-12-6-11-23-25-17-21(19-9-4-5-10-19)14-16-27(25)30-28(23)24;2*1-3-7(15-5-1)9-11-13-10(14-12-9)8-4-2-6-16-8;1-2-3;3*1-2;;/h6,11-20H,1-5,7-10H2;6,11,13-20H,1-5,7-10H2;2*1-3,5-6H;3H,2H2,1H3;3*2H,1H3;;/q;3*-1;;;;;;. The molecule has 0 atom stereocenters. The number of aliphatic hydroxyl groups is 4. The zero-order valence-electron chi connectivity index (χ0n) is 58.2. The molecule has 4 saturated carbocycles. The summed E-state index contributed by atoms with van der Waals surface area (Å²) in [6, 6.07) is 54.1. The van der Waals surface area contributed by atoms with E-state index in [9.17, 15) is 0 Å². The van der Waals surface area contributed by atoms with E-state index in [0.29, 0.717) is 41.1 Å². The normalized spacial score (nSPS) is 14.4. The molecule has 0 saturated heterocycles. The number of aliphatic hydroxyl groups excluding tert-OH is 4. The Balaban J connectivity index is 0.000000158. The van der Waals surface area contributed by atoms with Gasteiger partial charge in [0.2, 0.25) is 11.6 Å². The molecule has 4 aliphatic rings. The third-order valence-electron chi connectivity index (χ3n) is 18.7. The molecule has 0 aliphatic heterocycles. The summed E-state index contributed by atoms with van der Waals surface area (Å²) in [4.78, 5) is 13.4. The summed E-state index contributed by atoms with van der Waals surface area (Å²) in [7, 11) is 3.00. The number of aromatic nitrogens is 10. The van der Waals surface area contributed by atoms with E-state index in [-0.39, 0.29) is 46.8 Å². The molecule has 0 unspecified atom stereocenters. The number of furan rings is 2. The molecule has 10 heterocycles. The van der Waals surface area contributed by atoms with E-state index in [4.69, 9.17) is 39.2 Å². The zero-order valence-corrected chi connectivity index (χ0v) is 66.3. The van der Waals surface area contributed by atoms with Gasteiger partial charge in [0.25, 0.3) is 0 Å². The van der Waals surface area contributed by atoms with Crippen molar-refractivity contribution in [3.63, 3.8) is 0 Å². The molecule has 0 spiro atoms. The SMILES string of the molecule is CCO.CO.CO.CO.[Ir].[Ir].[c-]1ccc2c(oc3ccc(C4CCCC4)cc32)c1-c1ccc(C2CCCCC2)cn1.[c-]1ccsc1-c1nnc(-c2cccs2)nn1.[c-]1ccsc1-c1nnc(-c2cccs2)nn1.c1cc(-c2ccc(C3CCCCC3)cn2)c2oc3ccc(C4CCCC4)cc3c2c1. The summed E-state index contributed by atoms with van der Waals surface area (Å²) in [5.74, 6) is 4.98. The first-order valence-corrected chi connectivity index (χ1v) is 38.4. The van der Waals surface area contributed by atoms with Gasteiger partial charge in [0.15, 0.2) is 0 Å². The van der Waals surface area contributed by atoms with Gasteiger partial charge in [0.1, 0.15) is 28.4 Å². The molecule has 22 heteroatoms. The molecule has 16 nitrogen and oxygen atoms in total. The van der Waals surface area contributed by atoms with Crippen molar-refractivity contribution in [1.82, 2.24) is 50.8 Å². The van der Waals surface area contributed by atoms with Crippen LogP contribution in [0, 0.1) is 18.2 Å². The second-order valence-electron chi connectivity index (χ2n) is 24.7. The minimum Gasteiger partial charge on any atom is -0.501 e. The van der Waals surface area contributed by atoms with E-state index in [1.54, 1.807) is 29.6 Å². The largest absolute Gasteiger partial charge is 0.501 e. The average molecular weight is 1810 g/mol. The Morgan fingerprint density at radius 3 is 1.19 bits per heavy atom. The molecule has 4 aromatic carbocycles. The van der Waals surface area contributed by atoms with Gasteiger partial charge in [0, 0.05) is 102 Å². The Labute approximate surface area is 645 Å². The molecule has 540 valence electrons. The summed E-state index contributed by atoms with van der Waals surface area (Å²) < 4.78 is 12.7.